The highest BCUT2D eigenvalue weighted by Gasteiger charge is 2.30. The van der Waals surface area contributed by atoms with E-state index in [9.17, 15) is 4.79 Å². The molecule has 2 saturated heterocycles. The van der Waals surface area contributed by atoms with Crippen LogP contribution in [0.25, 0.3) is 0 Å². The third-order valence-corrected chi connectivity index (χ3v) is 4.54. The Balaban J connectivity index is 1.54. The first kappa shape index (κ1) is 14.5. The monoisotopic (exact) mass is 287 g/mol. The van der Waals surface area contributed by atoms with Gasteiger partial charge in [-0.15, -0.1) is 0 Å². The van der Waals surface area contributed by atoms with Crippen molar-refractivity contribution in [1.82, 2.24) is 9.80 Å². The molecule has 1 atom stereocenters. The molecule has 0 spiro atoms. The third kappa shape index (κ3) is 3.63. The Morgan fingerprint density at radius 2 is 1.95 bits per heavy atom. The Hall–Kier alpha value is -1.39. The lowest BCUT2D eigenvalue weighted by Crippen LogP contribution is -2.51. The normalized spacial score (nSPS) is 23.0. The molecule has 0 aromatic heterocycles. The van der Waals surface area contributed by atoms with Gasteiger partial charge in [-0.05, 0) is 56.5 Å². The summed E-state index contributed by atoms with van der Waals surface area (Å²) in [6.45, 7) is 9.03. The van der Waals surface area contributed by atoms with E-state index in [0.717, 1.165) is 25.3 Å². The van der Waals surface area contributed by atoms with Crippen molar-refractivity contribution in [2.45, 2.75) is 32.7 Å². The molecule has 0 unspecified atom stereocenters. The van der Waals surface area contributed by atoms with E-state index < -0.39 is 0 Å². The maximum absolute atomic E-state index is 12.2. The van der Waals surface area contributed by atoms with Crippen LogP contribution in [0.5, 0.6) is 0 Å². The van der Waals surface area contributed by atoms with Crippen LogP contribution < -0.4 is 5.32 Å². The zero-order valence-corrected chi connectivity index (χ0v) is 13.1. The Morgan fingerprint density at radius 1 is 1.19 bits per heavy atom. The topological polar surface area (TPSA) is 35.6 Å². The third-order valence-electron chi connectivity index (χ3n) is 4.54. The molecule has 1 amide bonds. The molecule has 1 N–H and O–H groups in total. The number of benzene rings is 1. The van der Waals surface area contributed by atoms with Crippen molar-refractivity contribution in [2.24, 2.45) is 0 Å². The number of amides is 1. The summed E-state index contributed by atoms with van der Waals surface area (Å²) in [5, 5.41) is 3.04. The molecule has 2 heterocycles. The van der Waals surface area contributed by atoms with E-state index in [1.807, 2.05) is 12.1 Å². The molecule has 4 nitrogen and oxygen atoms in total. The van der Waals surface area contributed by atoms with E-state index >= 15 is 0 Å². The van der Waals surface area contributed by atoms with Crippen LogP contribution in [0, 0.1) is 13.8 Å². The van der Waals surface area contributed by atoms with Crippen molar-refractivity contribution in [3.63, 3.8) is 0 Å². The van der Waals surface area contributed by atoms with Crippen molar-refractivity contribution in [3.8, 4) is 0 Å². The first-order valence-electron chi connectivity index (χ1n) is 7.95. The van der Waals surface area contributed by atoms with E-state index in [2.05, 4.69) is 35.0 Å². The summed E-state index contributed by atoms with van der Waals surface area (Å²) in [6, 6.07) is 6.85. The fourth-order valence-corrected chi connectivity index (χ4v) is 3.65. The van der Waals surface area contributed by atoms with Gasteiger partial charge in [0, 0.05) is 31.4 Å². The number of nitrogens with zero attached hydrogens (tertiary/aromatic N) is 2. The van der Waals surface area contributed by atoms with Gasteiger partial charge in [0.2, 0.25) is 5.91 Å². The molecule has 3 rings (SSSR count). The van der Waals surface area contributed by atoms with Crippen molar-refractivity contribution in [2.75, 3.05) is 38.0 Å². The standard InChI is InChI=1S/C17H25N3O/c1-13-8-14(2)10-15(9-13)18-17(21)12-19-6-7-20-5-3-4-16(20)11-19/h8-10,16H,3-7,11-12H2,1-2H3,(H,18,21)/t16-/m1/s1. The lowest BCUT2D eigenvalue weighted by molar-refractivity contribution is -0.117. The zero-order chi connectivity index (χ0) is 14.8. The van der Waals surface area contributed by atoms with E-state index in [1.54, 1.807) is 0 Å². The van der Waals surface area contributed by atoms with Crippen molar-refractivity contribution >= 4 is 11.6 Å². The number of aryl methyl sites for hydroxylation is 2. The van der Waals surface area contributed by atoms with Gasteiger partial charge in [0.15, 0.2) is 0 Å². The summed E-state index contributed by atoms with van der Waals surface area (Å²) in [7, 11) is 0. The highest BCUT2D eigenvalue weighted by Crippen LogP contribution is 2.21. The van der Waals surface area contributed by atoms with Crippen LogP contribution in [-0.4, -0.2) is 54.5 Å². The summed E-state index contributed by atoms with van der Waals surface area (Å²) >= 11 is 0. The predicted molar refractivity (Wildman–Crippen MR) is 85.6 cm³/mol. The smallest absolute Gasteiger partial charge is 0.238 e. The summed E-state index contributed by atoms with van der Waals surface area (Å²) in [6.07, 6.45) is 2.60. The molecule has 0 bridgehead atoms. The number of piperazine rings is 1. The van der Waals surface area contributed by atoms with Crippen LogP contribution in [0.3, 0.4) is 0 Å². The highest BCUT2D eigenvalue weighted by atomic mass is 16.2. The summed E-state index contributed by atoms with van der Waals surface area (Å²) in [5.41, 5.74) is 3.28. The van der Waals surface area contributed by atoms with Gasteiger partial charge in [0.1, 0.15) is 0 Å². The van der Waals surface area contributed by atoms with Gasteiger partial charge in [-0.1, -0.05) is 6.07 Å². The maximum Gasteiger partial charge on any atom is 0.238 e. The second-order valence-corrected chi connectivity index (χ2v) is 6.49. The lowest BCUT2D eigenvalue weighted by Gasteiger charge is -2.37. The van der Waals surface area contributed by atoms with Crippen LogP contribution in [-0.2, 0) is 4.79 Å². The molecule has 0 saturated carbocycles. The van der Waals surface area contributed by atoms with Gasteiger partial charge in [-0.25, -0.2) is 0 Å². The first-order chi connectivity index (χ1) is 10.1. The van der Waals surface area contributed by atoms with Gasteiger partial charge < -0.3 is 5.32 Å². The largest absolute Gasteiger partial charge is 0.325 e. The number of fused-ring (bicyclic) bond motifs is 1. The molecule has 1 aromatic rings. The molecule has 2 aliphatic heterocycles. The number of nitrogens with one attached hydrogen (secondary N) is 1. The fraction of sp³-hybridized carbons (Fsp3) is 0.588. The molecule has 114 valence electrons. The van der Waals surface area contributed by atoms with E-state index in [4.69, 9.17) is 0 Å². The lowest BCUT2D eigenvalue weighted by atomic mass is 10.1. The summed E-state index contributed by atoms with van der Waals surface area (Å²) in [4.78, 5) is 17.1. The molecule has 2 aliphatic rings. The van der Waals surface area contributed by atoms with Crippen LogP contribution >= 0.6 is 0 Å². The molecule has 21 heavy (non-hydrogen) atoms. The number of hydrogen-bond donors (Lipinski definition) is 1. The number of rotatable bonds is 3. The van der Waals surface area contributed by atoms with Crippen molar-refractivity contribution < 1.29 is 4.79 Å². The number of carbonyl (C=O) groups is 1. The quantitative estimate of drug-likeness (QED) is 0.924. The Labute approximate surface area is 127 Å². The van der Waals surface area contributed by atoms with Crippen molar-refractivity contribution in [1.29, 1.82) is 0 Å². The van der Waals surface area contributed by atoms with Gasteiger partial charge in [-0.3, -0.25) is 14.6 Å². The molecule has 0 aliphatic carbocycles. The van der Waals surface area contributed by atoms with Gasteiger partial charge in [-0.2, -0.15) is 0 Å². The average Bonchev–Trinajstić information content (AvgIpc) is 2.84. The average molecular weight is 287 g/mol. The number of carbonyl (C=O) groups excluding carboxylic acids is 1. The molecule has 4 heteroatoms. The van der Waals surface area contributed by atoms with Crippen LogP contribution in [0.15, 0.2) is 18.2 Å². The minimum Gasteiger partial charge on any atom is -0.325 e. The van der Waals surface area contributed by atoms with E-state index in [-0.39, 0.29) is 5.91 Å². The van der Waals surface area contributed by atoms with Crippen molar-refractivity contribution in [3.05, 3.63) is 29.3 Å². The second kappa shape index (κ2) is 6.16. The van der Waals surface area contributed by atoms with Gasteiger partial charge in [0.25, 0.3) is 0 Å². The van der Waals surface area contributed by atoms with E-state index in [0.29, 0.717) is 12.6 Å². The first-order valence-corrected chi connectivity index (χ1v) is 7.95. The number of hydrogen-bond acceptors (Lipinski definition) is 3. The Morgan fingerprint density at radius 3 is 2.71 bits per heavy atom. The van der Waals surface area contributed by atoms with Crippen LogP contribution in [0.1, 0.15) is 24.0 Å². The van der Waals surface area contributed by atoms with Crippen LogP contribution in [0.2, 0.25) is 0 Å². The minimum absolute atomic E-state index is 0.103. The fourth-order valence-electron chi connectivity index (χ4n) is 3.65. The molecular weight excluding hydrogens is 262 g/mol. The SMILES string of the molecule is Cc1cc(C)cc(NC(=O)CN2CCN3CCC[C@@H]3C2)c1. The number of anilines is 1. The minimum atomic E-state index is 0.103. The molecule has 2 fully saturated rings. The van der Waals surface area contributed by atoms with Gasteiger partial charge in [0.05, 0.1) is 6.54 Å². The second-order valence-electron chi connectivity index (χ2n) is 6.49. The van der Waals surface area contributed by atoms with Gasteiger partial charge >= 0.3 is 0 Å². The zero-order valence-electron chi connectivity index (χ0n) is 13.1. The Bertz CT molecular complexity index is 509. The van der Waals surface area contributed by atoms with Crippen LogP contribution in [0.4, 0.5) is 5.69 Å². The molecule has 1 aromatic carbocycles. The summed E-state index contributed by atoms with van der Waals surface area (Å²) in [5.74, 6) is 0.103. The molecule has 0 radical (unpaired) electrons. The predicted octanol–water partition coefficient (Wildman–Crippen LogP) is 2.02. The highest BCUT2D eigenvalue weighted by molar-refractivity contribution is 5.92. The molecular formula is C17H25N3O. The van der Waals surface area contributed by atoms with E-state index in [1.165, 1.54) is 30.5 Å². The maximum atomic E-state index is 12.2. The Kier molecular flexibility index (Phi) is 4.27. The summed E-state index contributed by atoms with van der Waals surface area (Å²) < 4.78 is 0.